The van der Waals surface area contributed by atoms with Crippen molar-refractivity contribution in [1.82, 2.24) is 4.90 Å². The van der Waals surface area contributed by atoms with Gasteiger partial charge < -0.3 is 9.80 Å². The van der Waals surface area contributed by atoms with Crippen molar-refractivity contribution in [3.63, 3.8) is 0 Å². The van der Waals surface area contributed by atoms with Gasteiger partial charge in [-0.05, 0) is 57.7 Å². The van der Waals surface area contributed by atoms with Crippen LogP contribution < -0.4 is 4.90 Å². The van der Waals surface area contributed by atoms with Crippen molar-refractivity contribution in [3.8, 4) is 0 Å². The molecule has 0 bridgehead atoms. The molecule has 19 heavy (non-hydrogen) atoms. The van der Waals surface area contributed by atoms with Crippen molar-refractivity contribution in [2.24, 2.45) is 0 Å². The average Bonchev–Trinajstić information content (AvgIpc) is 2.59. The SMILES string of the molecule is CC(=O)c1ccc2c(c1)[C@@](C)(CCN(C)C)CN2C. The molecule has 1 atom stereocenters. The lowest BCUT2D eigenvalue weighted by Gasteiger charge is -2.27. The highest BCUT2D eigenvalue weighted by Crippen LogP contribution is 2.42. The van der Waals surface area contributed by atoms with E-state index in [1.807, 2.05) is 6.07 Å². The van der Waals surface area contributed by atoms with Gasteiger partial charge in [-0.15, -0.1) is 0 Å². The minimum absolute atomic E-state index is 0.139. The lowest BCUT2D eigenvalue weighted by molar-refractivity contribution is 0.101. The van der Waals surface area contributed by atoms with Crippen LogP contribution in [0.25, 0.3) is 0 Å². The molecule has 104 valence electrons. The molecule has 1 aliphatic rings. The number of carbonyl (C=O) groups is 1. The quantitative estimate of drug-likeness (QED) is 0.777. The van der Waals surface area contributed by atoms with Crippen LogP contribution in [0.3, 0.4) is 0 Å². The Labute approximate surface area is 116 Å². The van der Waals surface area contributed by atoms with Crippen LogP contribution in [0.15, 0.2) is 18.2 Å². The summed E-state index contributed by atoms with van der Waals surface area (Å²) in [6.45, 7) is 6.03. The molecular weight excluding hydrogens is 236 g/mol. The van der Waals surface area contributed by atoms with Crippen LogP contribution in [0, 0.1) is 0 Å². The van der Waals surface area contributed by atoms with Gasteiger partial charge in [0.2, 0.25) is 0 Å². The highest BCUT2D eigenvalue weighted by Gasteiger charge is 2.37. The molecule has 1 aliphatic heterocycles. The molecule has 0 amide bonds. The molecule has 0 radical (unpaired) electrons. The van der Waals surface area contributed by atoms with E-state index in [0.717, 1.165) is 25.1 Å². The summed E-state index contributed by atoms with van der Waals surface area (Å²) in [5.41, 5.74) is 3.56. The number of benzene rings is 1. The van der Waals surface area contributed by atoms with E-state index >= 15 is 0 Å². The fourth-order valence-electron chi connectivity index (χ4n) is 2.95. The Morgan fingerprint density at radius 2 is 2.11 bits per heavy atom. The third kappa shape index (κ3) is 2.66. The number of ketones is 1. The van der Waals surface area contributed by atoms with E-state index in [0.29, 0.717) is 0 Å². The summed E-state index contributed by atoms with van der Waals surface area (Å²) in [4.78, 5) is 16.1. The molecule has 0 unspecified atom stereocenters. The van der Waals surface area contributed by atoms with Gasteiger partial charge in [-0.2, -0.15) is 0 Å². The van der Waals surface area contributed by atoms with Crippen molar-refractivity contribution in [2.75, 3.05) is 39.1 Å². The topological polar surface area (TPSA) is 23.6 Å². The molecule has 1 heterocycles. The molecule has 0 aromatic heterocycles. The second-order valence-electron chi connectivity index (χ2n) is 6.26. The molecule has 2 rings (SSSR count). The summed E-state index contributed by atoms with van der Waals surface area (Å²) in [6, 6.07) is 6.12. The fraction of sp³-hybridized carbons (Fsp3) is 0.562. The summed E-state index contributed by atoms with van der Waals surface area (Å²) >= 11 is 0. The Balaban J connectivity index is 2.37. The smallest absolute Gasteiger partial charge is 0.159 e. The number of rotatable bonds is 4. The van der Waals surface area contributed by atoms with Crippen molar-refractivity contribution >= 4 is 11.5 Å². The van der Waals surface area contributed by atoms with Gasteiger partial charge in [0.05, 0.1) is 0 Å². The molecular formula is C16H24N2O. The van der Waals surface area contributed by atoms with Crippen molar-refractivity contribution in [3.05, 3.63) is 29.3 Å². The molecule has 0 saturated carbocycles. The van der Waals surface area contributed by atoms with E-state index in [1.165, 1.54) is 11.3 Å². The summed E-state index contributed by atoms with van der Waals surface area (Å²) in [6.07, 6.45) is 1.11. The molecule has 0 saturated heterocycles. The van der Waals surface area contributed by atoms with E-state index in [1.54, 1.807) is 6.92 Å². The van der Waals surface area contributed by atoms with E-state index < -0.39 is 0 Å². The van der Waals surface area contributed by atoms with Gasteiger partial charge in [-0.1, -0.05) is 6.92 Å². The molecule has 1 aromatic rings. The predicted octanol–water partition coefficient (Wildman–Crippen LogP) is 2.55. The minimum atomic E-state index is 0.139. The van der Waals surface area contributed by atoms with Gasteiger partial charge in [0.25, 0.3) is 0 Å². The number of fused-ring (bicyclic) bond motifs is 1. The monoisotopic (exact) mass is 260 g/mol. The van der Waals surface area contributed by atoms with Gasteiger partial charge in [0, 0.05) is 30.3 Å². The third-order valence-corrected chi connectivity index (χ3v) is 4.16. The van der Waals surface area contributed by atoms with E-state index in [-0.39, 0.29) is 11.2 Å². The Hall–Kier alpha value is -1.35. The zero-order valence-corrected chi connectivity index (χ0v) is 12.7. The van der Waals surface area contributed by atoms with Gasteiger partial charge in [0.15, 0.2) is 5.78 Å². The number of nitrogens with zero attached hydrogens (tertiary/aromatic N) is 2. The summed E-state index contributed by atoms with van der Waals surface area (Å²) in [5.74, 6) is 0.146. The summed E-state index contributed by atoms with van der Waals surface area (Å²) in [7, 11) is 6.34. The zero-order chi connectivity index (χ0) is 14.2. The number of likely N-dealkylation sites (N-methyl/N-ethyl adjacent to an activating group) is 1. The molecule has 3 nitrogen and oxygen atoms in total. The highest BCUT2D eigenvalue weighted by atomic mass is 16.1. The maximum absolute atomic E-state index is 11.6. The molecule has 0 aliphatic carbocycles. The fourth-order valence-corrected chi connectivity index (χ4v) is 2.95. The van der Waals surface area contributed by atoms with E-state index in [2.05, 4.69) is 50.0 Å². The first-order chi connectivity index (χ1) is 8.83. The molecule has 0 fully saturated rings. The van der Waals surface area contributed by atoms with Crippen LogP contribution in [0.2, 0.25) is 0 Å². The highest BCUT2D eigenvalue weighted by molar-refractivity contribution is 5.95. The molecule has 1 aromatic carbocycles. The molecule has 0 N–H and O–H groups in total. The zero-order valence-electron chi connectivity index (χ0n) is 12.7. The van der Waals surface area contributed by atoms with Crippen LogP contribution in [0.4, 0.5) is 5.69 Å². The molecule has 0 spiro atoms. The van der Waals surface area contributed by atoms with Crippen molar-refractivity contribution < 1.29 is 4.79 Å². The first-order valence-corrected chi connectivity index (χ1v) is 6.85. The standard InChI is InChI=1S/C16H24N2O/c1-12(19)13-6-7-15-14(10-13)16(2,11-18(15)5)8-9-17(3)4/h6-7,10H,8-9,11H2,1-5H3/t16-/m0/s1. The number of anilines is 1. The van der Waals surface area contributed by atoms with Crippen molar-refractivity contribution in [1.29, 1.82) is 0 Å². The van der Waals surface area contributed by atoms with Crippen LogP contribution in [-0.4, -0.2) is 44.9 Å². The van der Waals surface area contributed by atoms with Gasteiger partial charge in [-0.3, -0.25) is 4.79 Å². The number of hydrogen-bond acceptors (Lipinski definition) is 3. The Morgan fingerprint density at radius 3 is 2.68 bits per heavy atom. The maximum atomic E-state index is 11.6. The van der Waals surface area contributed by atoms with Crippen LogP contribution >= 0.6 is 0 Å². The maximum Gasteiger partial charge on any atom is 0.159 e. The molecule has 3 heteroatoms. The van der Waals surface area contributed by atoms with Gasteiger partial charge in [0.1, 0.15) is 0 Å². The third-order valence-electron chi connectivity index (χ3n) is 4.16. The number of hydrogen-bond donors (Lipinski definition) is 0. The van der Waals surface area contributed by atoms with E-state index in [9.17, 15) is 4.79 Å². The number of Topliss-reactive ketones (excluding diaryl/α,β-unsaturated/α-hetero) is 1. The van der Waals surface area contributed by atoms with Crippen LogP contribution in [-0.2, 0) is 5.41 Å². The Morgan fingerprint density at radius 1 is 1.42 bits per heavy atom. The summed E-state index contributed by atoms with van der Waals surface area (Å²) in [5, 5.41) is 0. The Bertz CT molecular complexity index is 496. The second kappa shape index (κ2) is 4.97. The Kier molecular flexibility index (Phi) is 3.68. The van der Waals surface area contributed by atoms with Gasteiger partial charge in [-0.25, -0.2) is 0 Å². The largest absolute Gasteiger partial charge is 0.373 e. The lowest BCUT2D eigenvalue weighted by atomic mass is 9.80. The minimum Gasteiger partial charge on any atom is -0.373 e. The van der Waals surface area contributed by atoms with Crippen LogP contribution in [0.1, 0.15) is 36.2 Å². The average molecular weight is 260 g/mol. The second-order valence-corrected chi connectivity index (χ2v) is 6.26. The normalized spacial score (nSPS) is 21.9. The van der Waals surface area contributed by atoms with Crippen molar-refractivity contribution in [2.45, 2.75) is 25.7 Å². The van der Waals surface area contributed by atoms with Crippen LogP contribution in [0.5, 0.6) is 0 Å². The first-order valence-electron chi connectivity index (χ1n) is 6.85. The summed E-state index contributed by atoms with van der Waals surface area (Å²) < 4.78 is 0. The van der Waals surface area contributed by atoms with Gasteiger partial charge >= 0.3 is 0 Å². The first kappa shape index (κ1) is 14.1. The predicted molar refractivity (Wildman–Crippen MR) is 80.2 cm³/mol. The number of carbonyl (C=O) groups excluding carboxylic acids is 1. The van der Waals surface area contributed by atoms with E-state index in [4.69, 9.17) is 0 Å². The lowest BCUT2D eigenvalue weighted by Crippen LogP contribution is -2.32.